The molecule has 112 valence electrons. The summed E-state index contributed by atoms with van der Waals surface area (Å²) in [5, 5.41) is 10.2. The van der Waals surface area contributed by atoms with E-state index < -0.39 is 0 Å². The lowest BCUT2D eigenvalue weighted by molar-refractivity contribution is 0.467. The average Bonchev–Trinajstić information content (AvgIpc) is 2.52. The molecule has 2 aromatic carbocycles. The average molecular weight is 282 g/mol. The molecule has 0 aliphatic rings. The first-order chi connectivity index (χ1) is 10.3. The Kier molecular flexibility index (Phi) is 5.86. The first-order valence-corrected chi connectivity index (χ1v) is 8.16. The molecular formula is C20H26O. The van der Waals surface area contributed by atoms with Crippen LogP contribution in [-0.4, -0.2) is 5.11 Å². The van der Waals surface area contributed by atoms with E-state index in [1.165, 1.54) is 29.5 Å². The van der Waals surface area contributed by atoms with Gasteiger partial charge in [0.2, 0.25) is 0 Å². The normalized spacial score (nSPS) is 10.8. The molecule has 1 nitrogen and oxygen atoms in total. The van der Waals surface area contributed by atoms with Gasteiger partial charge in [0.25, 0.3) is 0 Å². The summed E-state index contributed by atoms with van der Waals surface area (Å²) in [4.78, 5) is 0. The van der Waals surface area contributed by atoms with Crippen molar-refractivity contribution in [2.45, 2.75) is 52.4 Å². The number of aryl methyl sites for hydroxylation is 1. The van der Waals surface area contributed by atoms with Gasteiger partial charge in [-0.25, -0.2) is 0 Å². The molecule has 0 heterocycles. The third kappa shape index (κ3) is 4.10. The maximum Gasteiger partial charge on any atom is 0.119 e. The molecule has 0 radical (unpaired) electrons. The predicted molar refractivity (Wildman–Crippen MR) is 90.8 cm³/mol. The summed E-state index contributed by atoms with van der Waals surface area (Å²) in [6, 6.07) is 14.7. The molecular weight excluding hydrogens is 256 g/mol. The van der Waals surface area contributed by atoms with Gasteiger partial charge in [-0.05, 0) is 48.4 Å². The Morgan fingerprint density at radius 3 is 2.14 bits per heavy atom. The van der Waals surface area contributed by atoms with E-state index in [2.05, 4.69) is 44.2 Å². The van der Waals surface area contributed by atoms with Gasteiger partial charge in [-0.2, -0.15) is 0 Å². The monoisotopic (exact) mass is 282 g/mol. The second-order valence-electron chi connectivity index (χ2n) is 5.71. The Morgan fingerprint density at radius 1 is 0.810 bits per heavy atom. The zero-order valence-corrected chi connectivity index (χ0v) is 13.2. The number of unbranched alkanes of at least 4 members (excludes halogenated alkanes) is 2. The fourth-order valence-corrected chi connectivity index (χ4v) is 2.69. The van der Waals surface area contributed by atoms with Crippen LogP contribution in [0.15, 0.2) is 42.5 Å². The molecule has 0 atom stereocenters. The molecule has 2 aromatic rings. The van der Waals surface area contributed by atoms with E-state index in [1.807, 2.05) is 6.07 Å². The summed E-state index contributed by atoms with van der Waals surface area (Å²) in [6.07, 6.45) is 6.82. The van der Waals surface area contributed by atoms with Crippen molar-refractivity contribution >= 4 is 0 Å². The van der Waals surface area contributed by atoms with Crippen LogP contribution >= 0.6 is 0 Å². The standard InChI is InChI=1S/C20H26O/c1-3-5-8-16-12-14-17(15-13-16)18-10-7-11-20(21)19(18)9-6-4-2/h7,10-15,21H,3-6,8-9H2,1-2H3. The Morgan fingerprint density at radius 2 is 1.48 bits per heavy atom. The second-order valence-corrected chi connectivity index (χ2v) is 5.71. The van der Waals surface area contributed by atoms with E-state index >= 15 is 0 Å². The fraction of sp³-hybridized carbons (Fsp3) is 0.400. The lowest BCUT2D eigenvalue weighted by atomic mass is 9.94. The second kappa shape index (κ2) is 7.87. The van der Waals surface area contributed by atoms with Gasteiger partial charge in [-0.3, -0.25) is 0 Å². The van der Waals surface area contributed by atoms with Crippen molar-refractivity contribution in [1.29, 1.82) is 0 Å². The number of hydrogen-bond donors (Lipinski definition) is 1. The van der Waals surface area contributed by atoms with E-state index in [1.54, 1.807) is 6.07 Å². The molecule has 0 saturated heterocycles. The number of phenolic OH excluding ortho intramolecular Hbond substituents is 1. The molecule has 0 aromatic heterocycles. The van der Waals surface area contributed by atoms with Gasteiger partial charge in [-0.15, -0.1) is 0 Å². The van der Waals surface area contributed by atoms with Crippen molar-refractivity contribution in [2.75, 3.05) is 0 Å². The van der Waals surface area contributed by atoms with E-state index in [0.29, 0.717) is 5.75 Å². The molecule has 0 aliphatic carbocycles. The first-order valence-electron chi connectivity index (χ1n) is 8.16. The largest absolute Gasteiger partial charge is 0.508 e. The van der Waals surface area contributed by atoms with Crippen LogP contribution in [0.2, 0.25) is 0 Å². The van der Waals surface area contributed by atoms with E-state index in [4.69, 9.17) is 0 Å². The van der Waals surface area contributed by atoms with E-state index in [9.17, 15) is 5.11 Å². The Bertz CT molecular complexity index is 555. The summed E-state index contributed by atoms with van der Waals surface area (Å²) in [5.41, 5.74) is 4.86. The summed E-state index contributed by atoms with van der Waals surface area (Å²) in [5.74, 6) is 0.427. The van der Waals surface area contributed by atoms with Gasteiger partial charge in [-0.1, -0.05) is 63.1 Å². The molecule has 0 aliphatic heterocycles. The zero-order chi connectivity index (χ0) is 15.1. The Labute approximate surface area is 128 Å². The van der Waals surface area contributed by atoms with Gasteiger partial charge in [0, 0.05) is 5.56 Å². The topological polar surface area (TPSA) is 20.2 Å². The minimum absolute atomic E-state index is 0.427. The minimum atomic E-state index is 0.427. The van der Waals surface area contributed by atoms with Crippen LogP contribution in [0, 0.1) is 0 Å². The highest BCUT2D eigenvalue weighted by atomic mass is 16.3. The van der Waals surface area contributed by atoms with Crippen molar-refractivity contribution in [3.05, 3.63) is 53.6 Å². The van der Waals surface area contributed by atoms with Crippen LogP contribution < -0.4 is 0 Å². The van der Waals surface area contributed by atoms with Crippen LogP contribution in [0.3, 0.4) is 0 Å². The summed E-state index contributed by atoms with van der Waals surface area (Å²) >= 11 is 0. The predicted octanol–water partition coefficient (Wildman–Crippen LogP) is 5.74. The SMILES string of the molecule is CCCCc1ccc(-c2cccc(O)c2CCCC)cc1. The third-order valence-electron chi connectivity index (χ3n) is 4.02. The number of phenols is 1. The molecule has 0 unspecified atom stereocenters. The molecule has 1 heteroatoms. The fourth-order valence-electron chi connectivity index (χ4n) is 2.69. The van der Waals surface area contributed by atoms with Gasteiger partial charge < -0.3 is 5.11 Å². The highest BCUT2D eigenvalue weighted by molar-refractivity contribution is 5.70. The molecule has 2 rings (SSSR count). The molecule has 21 heavy (non-hydrogen) atoms. The van der Waals surface area contributed by atoms with Crippen molar-refractivity contribution < 1.29 is 5.11 Å². The maximum absolute atomic E-state index is 10.2. The van der Waals surface area contributed by atoms with E-state index in [-0.39, 0.29) is 0 Å². The van der Waals surface area contributed by atoms with Crippen LogP contribution in [0.25, 0.3) is 11.1 Å². The first kappa shape index (κ1) is 15.6. The zero-order valence-electron chi connectivity index (χ0n) is 13.2. The van der Waals surface area contributed by atoms with Crippen molar-refractivity contribution in [1.82, 2.24) is 0 Å². The summed E-state index contributed by atoms with van der Waals surface area (Å²) in [7, 11) is 0. The Hall–Kier alpha value is -1.76. The maximum atomic E-state index is 10.2. The minimum Gasteiger partial charge on any atom is -0.508 e. The van der Waals surface area contributed by atoms with Crippen molar-refractivity contribution in [2.24, 2.45) is 0 Å². The van der Waals surface area contributed by atoms with Crippen LogP contribution in [0.5, 0.6) is 5.75 Å². The molecule has 1 N–H and O–H groups in total. The van der Waals surface area contributed by atoms with Crippen molar-refractivity contribution in [3.63, 3.8) is 0 Å². The van der Waals surface area contributed by atoms with Gasteiger partial charge >= 0.3 is 0 Å². The number of rotatable bonds is 7. The van der Waals surface area contributed by atoms with Gasteiger partial charge in [0.1, 0.15) is 5.75 Å². The summed E-state index contributed by atoms with van der Waals surface area (Å²) in [6.45, 7) is 4.41. The van der Waals surface area contributed by atoms with Crippen LogP contribution in [0.4, 0.5) is 0 Å². The smallest absolute Gasteiger partial charge is 0.119 e. The highest BCUT2D eigenvalue weighted by Crippen LogP contribution is 2.31. The highest BCUT2D eigenvalue weighted by Gasteiger charge is 2.09. The van der Waals surface area contributed by atoms with Gasteiger partial charge in [0.05, 0.1) is 0 Å². The molecule has 0 fully saturated rings. The number of hydrogen-bond acceptors (Lipinski definition) is 1. The lowest BCUT2D eigenvalue weighted by Gasteiger charge is -2.12. The number of aromatic hydroxyl groups is 1. The van der Waals surface area contributed by atoms with Crippen LogP contribution in [0.1, 0.15) is 50.7 Å². The van der Waals surface area contributed by atoms with Crippen molar-refractivity contribution in [3.8, 4) is 16.9 Å². The molecule has 0 spiro atoms. The molecule has 0 bridgehead atoms. The van der Waals surface area contributed by atoms with Crippen LogP contribution in [-0.2, 0) is 12.8 Å². The van der Waals surface area contributed by atoms with Gasteiger partial charge in [0.15, 0.2) is 0 Å². The van der Waals surface area contributed by atoms with E-state index in [0.717, 1.165) is 31.2 Å². The Balaban J connectivity index is 2.26. The molecule has 0 saturated carbocycles. The summed E-state index contributed by atoms with van der Waals surface area (Å²) < 4.78 is 0. The molecule has 0 amide bonds. The number of benzene rings is 2. The quantitative estimate of drug-likeness (QED) is 0.686. The third-order valence-corrected chi connectivity index (χ3v) is 4.02. The lowest BCUT2D eigenvalue weighted by Crippen LogP contribution is -1.92.